The molecule has 0 heterocycles. The van der Waals surface area contributed by atoms with E-state index in [1.807, 2.05) is 0 Å². The fraction of sp³-hybridized carbons (Fsp3) is 0.882. The van der Waals surface area contributed by atoms with Gasteiger partial charge in [-0.1, -0.05) is 71.6 Å². The van der Waals surface area contributed by atoms with Gasteiger partial charge in [0.1, 0.15) is 0 Å². The van der Waals surface area contributed by atoms with Crippen molar-refractivity contribution in [2.45, 2.75) is 90.9 Å². The number of carbonyl (C=O) groups is 2. The minimum atomic E-state index is -0.632. The molecule has 0 radical (unpaired) electrons. The summed E-state index contributed by atoms with van der Waals surface area (Å²) >= 11 is 0. The van der Waals surface area contributed by atoms with E-state index in [1.54, 1.807) is 0 Å². The molecule has 0 saturated heterocycles. The standard InChI is InChI=1S/C17H32O3/c1-3-5-7-9-10-11-13-15-20-17(19)16(18)14-12-8-6-4-2/h3-15H2,1-2H3. The molecule has 3 nitrogen and oxygen atoms in total. The summed E-state index contributed by atoms with van der Waals surface area (Å²) in [5, 5.41) is 0. The van der Waals surface area contributed by atoms with Crippen molar-refractivity contribution in [3.8, 4) is 0 Å². The summed E-state index contributed by atoms with van der Waals surface area (Å²) in [6.45, 7) is 4.73. The van der Waals surface area contributed by atoms with E-state index < -0.39 is 5.97 Å². The highest BCUT2D eigenvalue weighted by molar-refractivity contribution is 6.33. The van der Waals surface area contributed by atoms with Crippen LogP contribution in [0.5, 0.6) is 0 Å². The molecule has 0 aromatic heterocycles. The van der Waals surface area contributed by atoms with Gasteiger partial charge >= 0.3 is 5.97 Å². The molecule has 0 atom stereocenters. The third-order valence-electron chi connectivity index (χ3n) is 3.47. The quantitative estimate of drug-likeness (QED) is 0.261. The Labute approximate surface area is 124 Å². The lowest BCUT2D eigenvalue weighted by molar-refractivity contribution is -0.154. The lowest BCUT2D eigenvalue weighted by atomic mass is 10.1. The van der Waals surface area contributed by atoms with Gasteiger partial charge in [0, 0.05) is 6.42 Å². The van der Waals surface area contributed by atoms with E-state index in [4.69, 9.17) is 4.74 Å². The van der Waals surface area contributed by atoms with Crippen LogP contribution in [-0.2, 0) is 14.3 Å². The first-order valence-corrected chi connectivity index (χ1v) is 8.42. The van der Waals surface area contributed by atoms with Crippen LogP contribution in [0.2, 0.25) is 0 Å². The fourth-order valence-corrected chi connectivity index (χ4v) is 2.12. The van der Waals surface area contributed by atoms with Crippen molar-refractivity contribution in [2.75, 3.05) is 6.61 Å². The predicted molar refractivity (Wildman–Crippen MR) is 82.7 cm³/mol. The highest BCUT2D eigenvalue weighted by atomic mass is 16.5. The smallest absolute Gasteiger partial charge is 0.374 e. The summed E-state index contributed by atoms with van der Waals surface area (Å²) in [4.78, 5) is 22.9. The Morgan fingerprint density at radius 3 is 1.80 bits per heavy atom. The largest absolute Gasteiger partial charge is 0.460 e. The maximum absolute atomic E-state index is 11.5. The highest BCUT2D eigenvalue weighted by Gasteiger charge is 2.14. The minimum Gasteiger partial charge on any atom is -0.460 e. The van der Waals surface area contributed by atoms with Crippen LogP contribution in [0.4, 0.5) is 0 Å². The molecule has 0 aromatic rings. The molecule has 0 aromatic carbocycles. The van der Waals surface area contributed by atoms with E-state index in [-0.39, 0.29) is 5.78 Å². The Bertz CT molecular complexity index is 249. The van der Waals surface area contributed by atoms with Gasteiger partial charge < -0.3 is 4.74 Å². The van der Waals surface area contributed by atoms with E-state index in [0.717, 1.165) is 38.5 Å². The molecule has 0 bridgehead atoms. The summed E-state index contributed by atoms with van der Waals surface area (Å²) in [5.74, 6) is -0.989. The molecule has 0 amide bonds. The van der Waals surface area contributed by atoms with Gasteiger partial charge in [-0.15, -0.1) is 0 Å². The normalized spacial score (nSPS) is 10.5. The first-order chi connectivity index (χ1) is 9.72. The molecule has 20 heavy (non-hydrogen) atoms. The van der Waals surface area contributed by atoms with Gasteiger partial charge in [-0.25, -0.2) is 4.79 Å². The monoisotopic (exact) mass is 284 g/mol. The van der Waals surface area contributed by atoms with Crippen molar-refractivity contribution in [1.29, 1.82) is 0 Å². The Balaban J connectivity index is 3.36. The highest BCUT2D eigenvalue weighted by Crippen LogP contribution is 2.07. The van der Waals surface area contributed by atoms with Gasteiger partial charge in [0.05, 0.1) is 6.61 Å². The van der Waals surface area contributed by atoms with E-state index in [2.05, 4.69) is 13.8 Å². The molecular formula is C17H32O3. The second-order valence-electron chi connectivity index (χ2n) is 5.49. The lowest BCUT2D eigenvalue weighted by Crippen LogP contribution is -2.17. The average molecular weight is 284 g/mol. The molecule has 0 spiro atoms. The van der Waals surface area contributed by atoms with Crippen LogP contribution >= 0.6 is 0 Å². The first-order valence-electron chi connectivity index (χ1n) is 8.42. The number of carbonyl (C=O) groups excluding carboxylic acids is 2. The Morgan fingerprint density at radius 2 is 1.20 bits per heavy atom. The van der Waals surface area contributed by atoms with Crippen LogP contribution < -0.4 is 0 Å². The zero-order chi connectivity index (χ0) is 15.1. The van der Waals surface area contributed by atoms with Gasteiger partial charge in [0.25, 0.3) is 0 Å². The number of esters is 1. The molecule has 0 rings (SSSR count). The summed E-state index contributed by atoms with van der Waals surface area (Å²) in [5.41, 5.74) is 0. The van der Waals surface area contributed by atoms with Crippen LogP contribution in [0.25, 0.3) is 0 Å². The Kier molecular flexibility index (Phi) is 13.9. The molecule has 118 valence electrons. The summed E-state index contributed by atoms with van der Waals surface area (Å²) in [7, 11) is 0. The lowest BCUT2D eigenvalue weighted by Gasteiger charge is -2.04. The van der Waals surface area contributed by atoms with Crippen LogP contribution in [0.1, 0.15) is 90.9 Å². The molecule has 0 aliphatic heterocycles. The summed E-state index contributed by atoms with van der Waals surface area (Å²) in [6.07, 6.45) is 12.7. The number of ether oxygens (including phenoxy) is 1. The molecule has 3 heteroatoms. The van der Waals surface area contributed by atoms with Crippen molar-refractivity contribution in [3.05, 3.63) is 0 Å². The maximum atomic E-state index is 11.5. The molecule has 0 N–H and O–H groups in total. The predicted octanol–water partition coefficient (Wildman–Crippen LogP) is 4.82. The second-order valence-corrected chi connectivity index (χ2v) is 5.49. The van der Waals surface area contributed by atoms with Crippen LogP contribution in [-0.4, -0.2) is 18.4 Å². The number of unbranched alkanes of at least 4 members (excludes halogenated alkanes) is 9. The minimum absolute atomic E-state index is 0.343. The fourth-order valence-electron chi connectivity index (χ4n) is 2.12. The summed E-state index contributed by atoms with van der Waals surface area (Å²) < 4.78 is 5.00. The zero-order valence-corrected chi connectivity index (χ0v) is 13.4. The van der Waals surface area contributed by atoms with Gasteiger partial charge in [-0.3, -0.25) is 4.79 Å². The maximum Gasteiger partial charge on any atom is 0.374 e. The number of ketones is 1. The molecular weight excluding hydrogens is 252 g/mol. The van der Waals surface area contributed by atoms with E-state index in [1.165, 1.54) is 32.1 Å². The van der Waals surface area contributed by atoms with Crippen LogP contribution in [0, 0.1) is 0 Å². The van der Waals surface area contributed by atoms with E-state index >= 15 is 0 Å². The molecule has 0 unspecified atom stereocenters. The Morgan fingerprint density at radius 1 is 0.700 bits per heavy atom. The number of hydrogen-bond donors (Lipinski definition) is 0. The third-order valence-corrected chi connectivity index (χ3v) is 3.47. The van der Waals surface area contributed by atoms with Crippen LogP contribution in [0.3, 0.4) is 0 Å². The SMILES string of the molecule is CCCCCCCCCOC(=O)C(=O)CCCCCC. The van der Waals surface area contributed by atoms with Crippen molar-refractivity contribution >= 4 is 11.8 Å². The average Bonchev–Trinajstić information content (AvgIpc) is 2.46. The van der Waals surface area contributed by atoms with E-state index in [0.29, 0.717) is 13.0 Å². The second kappa shape index (κ2) is 14.5. The Hall–Kier alpha value is -0.860. The van der Waals surface area contributed by atoms with Crippen molar-refractivity contribution in [2.24, 2.45) is 0 Å². The molecule has 0 aliphatic rings. The number of rotatable bonds is 14. The van der Waals surface area contributed by atoms with Gasteiger partial charge in [-0.2, -0.15) is 0 Å². The molecule has 0 fully saturated rings. The number of Topliss-reactive ketones (excluding diaryl/α,β-unsaturated/α-hetero) is 1. The third kappa shape index (κ3) is 12.2. The zero-order valence-electron chi connectivity index (χ0n) is 13.4. The topological polar surface area (TPSA) is 43.4 Å². The first kappa shape index (κ1) is 19.1. The van der Waals surface area contributed by atoms with Crippen molar-refractivity contribution in [1.82, 2.24) is 0 Å². The van der Waals surface area contributed by atoms with Gasteiger partial charge in [0.2, 0.25) is 5.78 Å². The summed E-state index contributed by atoms with van der Waals surface area (Å²) in [6, 6.07) is 0. The van der Waals surface area contributed by atoms with Crippen LogP contribution in [0.15, 0.2) is 0 Å². The molecule has 0 saturated carbocycles. The van der Waals surface area contributed by atoms with E-state index in [9.17, 15) is 9.59 Å². The van der Waals surface area contributed by atoms with Gasteiger partial charge in [-0.05, 0) is 12.8 Å². The number of hydrogen-bond acceptors (Lipinski definition) is 3. The molecule has 0 aliphatic carbocycles. The van der Waals surface area contributed by atoms with Crippen molar-refractivity contribution in [3.63, 3.8) is 0 Å². The van der Waals surface area contributed by atoms with Gasteiger partial charge in [0.15, 0.2) is 0 Å². The van der Waals surface area contributed by atoms with Crippen molar-refractivity contribution < 1.29 is 14.3 Å².